The largest absolute Gasteiger partial charge is 0.374 e. The molecule has 0 radical (unpaired) electrons. The van der Waals surface area contributed by atoms with E-state index in [-0.39, 0.29) is 11.8 Å². The van der Waals surface area contributed by atoms with E-state index in [1.54, 1.807) is 30.0 Å². The molecule has 3 rings (SSSR count). The van der Waals surface area contributed by atoms with E-state index in [2.05, 4.69) is 10.6 Å². The molecule has 1 saturated heterocycles. The zero-order valence-corrected chi connectivity index (χ0v) is 15.8. The molecule has 0 saturated carbocycles. The van der Waals surface area contributed by atoms with Crippen LogP contribution in [0, 0.1) is 0 Å². The van der Waals surface area contributed by atoms with Crippen molar-refractivity contribution in [3.63, 3.8) is 0 Å². The molecule has 1 heterocycles. The Morgan fingerprint density at radius 3 is 2.50 bits per heavy atom. The van der Waals surface area contributed by atoms with Gasteiger partial charge in [0.15, 0.2) is 0 Å². The molecule has 0 unspecified atom stereocenters. The van der Waals surface area contributed by atoms with Crippen molar-refractivity contribution >= 4 is 52.1 Å². The molecule has 2 aromatic rings. The molecule has 1 aliphatic rings. The Morgan fingerprint density at radius 1 is 1.15 bits per heavy atom. The van der Waals surface area contributed by atoms with Crippen LogP contribution in [0.3, 0.4) is 0 Å². The maximum atomic E-state index is 12.4. The highest BCUT2D eigenvalue weighted by atomic mass is 35.5. The standard InChI is InChI=1S/C19H19Cl2N3O2/c1-12(19(26)23-17-9-4-13(20)11-16(17)21)22-14-5-7-15(8-6-14)24-10-2-3-18(24)25/h4-9,11-12,22H,2-3,10H2,1H3,(H,23,26)/t12-/m0/s1. The number of carbonyl (C=O) groups is 2. The Morgan fingerprint density at radius 2 is 1.88 bits per heavy atom. The molecule has 1 aliphatic heterocycles. The molecule has 2 aromatic carbocycles. The summed E-state index contributed by atoms with van der Waals surface area (Å²) in [6.07, 6.45) is 1.49. The summed E-state index contributed by atoms with van der Waals surface area (Å²) in [5.41, 5.74) is 2.19. The number of nitrogens with zero attached hydrogens (tertiary/aromatic N) is 1. The van der Waals surface area contributed by atoms with Crippen LogP contribution >= 0.6 is 23.2 Å². The van der Waals surface area contributed by atoms with Crippen LogP contribution in [0.4, 0.5) is 17.1 Å². The second kappa shape index (κ2) is 7.98. The molecule has 1 atom stereocenters. The van der Waals surface area contributed by atoms with E-state index in [0.29, 0.717) is 22.2 Å². The van der Waals surface area contributed by atoms with Gasteiger partial charge in [0.25, 0.3) is 0 Å². The molecule has 0 bridgehead atoms. The lowest BCUT2D eigenvalue weighted by atomic mass is 10.2. The molecule has 2 N–H and O–H groups in total. The first kappa shape index (κ1) is 18.5. The van der Waals surface area contributed by atoms with Crippen molar-refractivity contribution in [3.05, 3.63) is 52.5 Å². The molecule has 7 heteroatoms. The molecule has 26 heavy (non-hydrogen) atoms. The van der Waals surface area contributed by atoms with Crippen molar-refractivity contribution in [3.8, 4) is 0 Å². The average Bonchev–Trinajstić information content (AvgIpc) is 3.04. The average molecular weight is 392 g/mol. The van der Waals surface area contributed by atoms with Crippen molar-refractivity contribution in [1.82, 2.24) is 0 Å². The smallest absolute Gasteiger partial charge is 0.246 e. The van der Waals surface area contributed by atoms with Crippen LogP contribution < -0.4 is 15.5 Å². The number of carbonyl (C=O) groups excluding carboxylic acids is 2. The van der Waals surface area contributed by atoms with E-state index in [1.807, 2.05) is 24.3 Å². The SMILES string of the molecule is C[C@H](Nc1ccc(N2CCCC2=O)cc1)C(=O)Nc1ccc(Cl)cc1Cl. The van der Waals surface area contributed by atoms with E-state index in [1.165, 1.54) is 0 Å². The Hall–Kier alpha value is -2.24. The van der Waals surface area contributed by atoms with Gasteiger partial charge < -0.3 is 15.5 Å². The van der Waals surface area contributed by atoms with Gasteiger partial charge >= 0.3 is 0 Å². The maximum absolute atomic E-state index is 12.4. The van der Waals surface area contributed by atoms with Gasteiger partial charge in [0.2, 0.25) is 11.8 Å². The predicted octanol–water partition coefficient (Wildman–Crippen LogP) is 4.56. The van der Waals surface area contributed by atoms with E-state index >= 15 is 0 Å². The Labute approximate surface area is 162 Å². The Bertz CT molecular complexity index is 824. The van der Waals surface area contributed by atoms with Gasteiger partial charge in [-0.05, 0) is 55.8 Å². The van der Waals surface area contributed by atoms with Crippen LogP contribution in [0.2, 0.25) is 10.0 Å². The Kier molecular flexibility index (Phi) is 5.69. The van der Waals surface area contributed by atoms with Gasteiger partial charge in [-0.25, -0.2) is 0 Å². The minimum absolute atomic E-state index is 0.151. The second-order valence-electron chi connectivity index (χ2n) is 6.18. The maximum Gasteiger partial charge on any atom is 0.246 e. The van der Waals surface area contributed by atoms with Crippen LogP contribution in [0.15, 0.2) is 42.5 Å². The van der Waals surface area contributed by atoms with Gasteiger partial charge in [0, 0.05) is 29.4 Å². The van der Waals surface area contributed by atoms with Gasteiger partial charge in [-0.1, -0.05) is 23.2 Å². The Balaban J connectivity index is 1.61. The van der Waals surface area contributed by atoms with Crippen LogP contribution in [-0.4, -0.2) is 24.4 Å². The first-order chi connectivity index (χ1) is 12.4. The first-order valence-electron chi connectivity index (χ1n) is 8.37. The van der Waals surface area contributed by atoms with Crippen molar-refractivity contribution in [2.24, 2.45) is 0 Å². The fraction of sp³-hybridized carbons (Fsp3) is 0.263. The highest BCUT2D eigenvalue weighted by Gasteiger charge is 2.21. The lowest BCUT2D eigenvalue weighted by Crippen LogP contribution is -2.32. The molecule has 5 nitrogen and oxygen atoms in total. The molecule has 0 spiro atoms. The van der Waals surface area contributed by atoms with Crippen LogP contribution in [0.1, 0.15) is 19.8 Å². The summed E-state index contributed by atoms with van der Waals surface area (Å²) >= 11 is 11.9. The lowest BCUT2D eigenvalue weighted by Gasteiger charge is -2.18. The molecule has 0 aliphatic carbocycles. The highest BCUT2D eigenvalue weighted by molar-refractivity contribution is 6.36. The summed E-state index contributed by atoms with van der Waals surface area (Å²) in [6, 6.07) is 11.9. The molecule has 0 aromatic heterocycles. The minimum Gasteiger partial charge on any atom is -0.374 e. The third-order valence-corrected chi connectivity index (χ3v) is 4.77. The number of anilines is 3. The summed E-state index contributed by atoms with van der Waals surface area (Å²) in [5.74, 6) is -0.0636. The van der Waals surface area contributed by atoms with E-state index in [4.69, 9.17) is 23.2 Å². The summed E-state index contributed by atoms with van der Waals surface area (Å²) < 4.78 is 0. The summed E-state index contributed by atoms with van der Waals surface area (Å²) in [4.78, 5) is 25.9. The summed E-state index contributed by atoms with van der Waals surface area (Å²) in [5, 5.41) is 6.81. The molecule has 2 amide bonds. The van der Waals surface area contributed by atoms with Crippen LogP contribution in [-0.2, 0) is 9.59 Å². The number of hydrogen-bond acceptors (Lipinski definition) is 3. The van der Waals surface area contributed by atoms with Crippen LogP contribution in [0.5, 0.6) is 0 Å². The predicted molar refractivity (Wildman–Crippen MR) is 106 cm³/mol. The minimum atomic E-state index is -0.471. The van der Waals surface area contributed by atoms with Gasteiger partial charge in [-0.2, -0.15) is 0 Å². The lowest BCUT2D eigenvalue weighted by molar-refractivity contribution is -0.117. The van der Waals surface area contributed by atoms with Gasteiger partial charge in [0.05, 0.1) is 10.7 Å². The number of rotatable bonds is 5. The fourth-order valence-corrected chi connectivity index (χ4v) is 3.26. The number of nitrogens with one attached hydrogen (secondary N) is 2. The van der Waals surface area contributed by atoms with E-state index in [0.717, 1.165) is 24.3 Å². The second-order valence-corrected chi connectivity index (χ2v) is 7.02. The molecule has 1 fully saturated rings. The van der Waals surface area contributed by atoms with Crippen molar-refractivity contribution in [1.29, 1.82) is 0 Å². The zero-order chi connectivity index (χ0) is 18.7. The first-order valence-corrected chi connectivity index (χ1v) is 9.12. The van der Waals surface area contributed by atoms with Crippen molar-refractivity contribution in [2.75, 3.05) is 22.1 Å². The van der Waals surface area contributed by atoms with Gasteiger partial charge in [-0.15, -0.1) is 0 Å². The van der Waals surface area contributed by atoms with Crippen LogP contribution in [0.25, 0.3) is 0 Å². The normalized spacial score (nSPS) is 15.0. The number of amides is 2. The quantitative estimate of drug-likeness (QED) is 0.784. The van der Waals surface area contributed by atoms with Gasteiger partial charge in [0.1, 0.15) is 6.04 Å². The third kappa shape index (κ3) is 4.29. The summed E-state index contributed by atoms with van der Waals surface area (Å²) in [6.45, 7) is 2.52. The number of halogens is 2. The topological polar surface area (TPSA) is 61.4 Å². The third-order valence-electron chi connectivity index (χ3n) is 4.22. The molecular formula is C19H19Cl2N3O2. The molecule has 136 valence electrons. The molecular weight excluding hydrogens is 373 g/mol. The highest BCUT2D eigenvalue weighted by Crippen LogP contribution is 2.26. The summed E-state index contributed by atoms with van der Waals surface area (Å²) in [7, 11) is 0. The van der Waals surface area contributed by atoms with E-state index < -0.39 is 6.04 Å². The zero-order valence-electron chi connectivity index (χ0n) is 14.3. The van der Waals surface area contributed by atoms with Gasteiger partial charge in [-0.3, -0.25) is 9.59 Å². The number of hydrogen-bond donors (Lipinski definition) is 2. The monoisotopic (exact) mass is 391 g/mol. The van der Waals surface area contributed by atoms with Crippen molar-refractivity contribution < 1.29 is 9.59 Å². The number of benzene rings is 2. The van der Waals surface area contributed by atoms with Crippen molar-refractivity contribution in [2.45, 2.75) is 25.8 Å². The van der Waals surface area contributed by atoms with E-state index in [9.17, 15) is 9.59 Å². The fourth-order valence-electron chi connectivity index (χ4n) is 2.81.